The minimum absolute atomic E-state index is 0.00525. The third-order valence-corrected chi connectivity index (χ3v) is 12.9. The minimum Gasteiger partial charge on any atom is -0.388 e. The molecule has 5 heteroatoms. The lowest BCUT2D eigenvalue weighted by atomic mass is 9.52. The van der Waals surface area contributed by atoms with Gasteiger partial charge in [-0.2, -0.15) is 0 Å². The number of rotatable bonds is 1. The van der Waals surface area contributed by atoms with Crippen LogP contribution in [0.15, 0.2) is 11.1 Å². The molecule has 0 radical (unpaired) electrons. The fraction of sp³-hybridized carbons (Fsp3) is 0.933. The maximum Gasteiger partial charge on any atom is 0.199 e. The minimum atomic E-state index is -1.03. The number of fused-ring (bicyclic) bond motifs is 5. The number of ether oxygens (including phenoxy) is 3. The first kappa shape index (κ1) is 23.6. The molecule has 7 rings (SSSR count). The van der Waals surface area contributed by atoms with Crippen molar-refractivity contribution in [3.8, 4) is 0 Å². The zero-order chi connectivity index (χ0) is 25.0. The van der Waals surface area contributed by atoms with Crippen molar-refractivity contribution in [2.24, 2.45) is 34.0 Å². The first-order valence-corrected chi connectivity index (χ1v) is 14.4. The summed E-state index contributed by atoms with van der Waals surface area (Å²) in [5, 5.41) is 23.3. The lowest BCUT2D eigenvalue weighted by Crippen LogP contribution is -2.52. The van der Waals surface area contributed by atoms with E-state index in [1.54, 1.807) is 5.57 Å². The van der Waals surface area contributed by atoms with Gasteiger partial charge in [-0.05, 0) is 87.9 Å². The summed E-state index contributed by atoms with van der Waals surface area (Å²) in [4.78, 5) is 0. The fourth-order valence-electron chi connectivity index (χ4n) is 11.3. The lowest BCUT2D eigenvalue weighted by Gasteiger charge is -2.52. The first-order chi connectivity index (χ1) is 16.2. The van der Waals surface area contributed by atoms with Crippen LogP contribution < -0.4 is 0 Å². The van der Waals surface area contributed by atoms with Crippen molar-refractivity contribution in [1.29, 1.82) is 0 Å². The molecule has 5 fully saturated rings. The largest absolute Gasteiger partial charge is 0.388 e. The summed E-state index contributed by atoms with van der Waals surface area (Å²) < 4.78 is 20.3. The van der Waals surface area contributed by atoms with Gasteiger partial charge >= 0.3 is 0 Å². The molecular weight excluding hydrogens is 440 g/mol. The van der Waals surface area contributed by atoms with E-state index in [-0.39, 0.29) is 28.5 Å². The molecule has 2 N–H and O–H groups in total. The van der Waals surface area contributed by atoms with Crippen LogP contribution in [0.1, 0.15) is 99.8 Å². The van der Waals surface area contributed by atoms with E-state index in [2.05, 4.69) is 34.6 Å². The maximum absolute atomic E-state index is 12.4. The lowest BCUT2D eigenvalue weighted by molar-refractivity contribution is -0.280. The quantitative estimate of drug-likeness (QED) is 0.503. The standard InChI is InChI=1S/C30H46O5/c1-16-14-19-23(26(4,5)32)35-30(33-19)22(16)27(6)12-10-17-15-29-13-11-21(34-29)25(2,3)20(29)9-8-18(17)28(27,7)24(30)31/h16,19-24,31-32H,8-15H2,1-7H3/t16-,19-,20+,21+,22-,23+,24-,27-,28-,29+,30+/m1/s1. The van der Waals surface area contributed by atoms with Crippen molar-refractivity contribution in [2.45, 2.75) is 141 Å². The van der Waals surface area contributed by atoms with Gasteiger partial charge < -0.3 is 24.4 Å². The number of hydrogen-bond acceptors (Lipinski definition) is 5. The van der Waals surface area contributed by atoms with Crippen molar-refractivity contribution in [3.63, 3.8) is 0 Å². The van der Waals surface area contributed by atoms with Gasteiger partial charge in [-0.25, -0.2) is 0 Å². The van der Waals surface area contributed by atoms with E-state index in [1.165, 1.54) is 18.4 Å². The second kappa shape index (κ2) is 6.57. The Bertz CT molecular complexity index is 995. The average molecular weight is 487 g/mol. The summed E-state index contributed by atoms with van der Waals surface area (Å²) in [7, 11) is 0. The van der Waals surface area contributed by atoms with Crippen LogP contribution in [0.5, 0.6) is 0 Å². The average Bonchev–Trinajstić information content (AvgIpc) is 3.36. The van der Waals surface area contributed by atoms with E-state index in [0.717, 1.165) is 38.5 Å². The molecule has 0 aromatic heterocycles. The summed E-state index contributed by atoms with van der Waals surface area (Å²) >= 11 is 0. The Morgan fingerprint density at radius 3 is 2.43 bits per heavy atom. The molecule has 4 saturated heterocycles. The van der Waals surface area contributed by atoms with E-state index < -0.39 is 29.0 Å². The topological polar surface area (TPSA) is 68.2 Å². The SMILES string of the molecule is C[C@@H]1C[C@H]2O[C@]3(O[C@@H]2C(C)(C)O)[C@H]1[C@@]1(C)CCC2=C(CC[C@H]4C(C)(C)[C@@H]5CC[C@@]4(C2)O5)[C@]1(C)[C@H]3O. The Morgan fingerprint density at radius 1 is 0.971 bits per heavy atom. The highest BCUT2D eigenvalue weighted by atomic mass is 16.8. The van der Waals surface area contributed by atoms with E-state index >= 15 is 0 Å². The Morgan fingerprint density at radius 2 is 1.71 bits per heavy atom. The van der Waals surface area contributed by atoms with Gasteiger partial charge in [-0.1, -0.05) is 45.8 Å². The van der Waals surface area contributed by atoms with Gasteiger partial charge in [-0.15, -0.1) is 0 Å². The van der Waals surface area contributed by atoms with Crippen molar-refractivity contribution in [3.05, 3.63) is 11.1 Å². The highest BCUT2D eigenvalue weighted by molar-refractivity contribution is 5.40. The maximum atomic E-state index is 12.4. The Kier molecular flexibility index (Phi) is 4.44. The van der Waals surface area contributed by atoms with Gasteiger partial charge in [0.25, 0.3) is 0 Å². The molecule has 0 unspecified atom stereocenters. The van der Waals surface area contributed by atoms with Crippen LogP contribution in [-0.4, -0.2) is 51.6 Å². The second-order valence-electron chi connectivity index (χ2n) is 15.2. The van der Waals surface area contributed by atoms with Gasteiger partial charge in [0, 0.05) is 11.3 Å². The van der Waals surface area contributed by atoms with Gasteiger partial charge in [0.05, 0.1) is 23.4 Å². The summed E-state index contributed by atoms with van der Waals surface area (Å²) in [6.45, 7) is 15.5. The summed E-state index contributed by atoms with van der Waals surface area (Å²) in [5.74, 6) is 0.0201. The summed E-state index contributed by atoms with van der Waals surface area (Å²) in [6, 6.07) is 0. The van der Waals surface area contributed by atoms with Crippen molar-refractivity contribution >= 4 is 0 Å². The van der Waals surface area contributed by atoms with E-state index in [0.29, 0.717) is 17.9 Å². The molecule has 7 aliphatic rings. The van der Waals surface area contributed by atoms with Crippen LogP contribution in [0.3, 0.4) is 0 Å². The molecule has 1 saturated carbocycles. The Hall–Kier alpha value is -0.460. The van der Waals surface area contributed by atoms with E-state index in [9.17, 15) is 10.2 Å². The van der Waals surface area contributed by atoms with Crippen molar-refractivity contribution < 1.29 is 24.4 Å². The van der Waals surface area contributed by atoms with Crippen molar-refractivity contribution in [1.82, 2.24) is 0 Å². The van der Waals surface area contributed by atoms with Crippen molar-refractivity contribution in [2.75, 3.05) is 0 Å². The fourth-order valence-corrected chi connectivity index (χ4v) is 11.3. The molecule has 196 valence electrons. The highest BCUT2D eigenvalue weighted by Gasteiger charge is 2.80. The van der Waals surface area contributed by atoms with Crippen LogP contribution in [0.2, 0.25) is 0 Å². The smallest absolute Gasteiger partial charge is 0.199 e. The number of aliphatic hydroxyl groups excluding tert-OH is 1. The molecule has 4 heterocycles. The monoisotopic (exact) mass is 486 g/mol. The third-order valence-electron chi connectivity index (χ3n) is 12.9. The number of hydrogen-bond donors (Lipinski definition) is 2. The Balaban J connectivity index is 1.34. The molecule has 0 aromatic carbocycles. The van der Waals surface area contributed by atoms with Crippen LogP contribution >= 0.6 is 0 Å². The first-order valence-electron chi connectivity index (χ1n) is 14.4. The summed E-state index contributed by atoms with van der Waals surface area (Å²) in [5.41, 5.74) is 1.73. The molecule has 5 nitrogen and oxygen atoms in total. The molecule has 3 aliphatic carbocycles. The molecule has 4 aliphatic heterocycles. The second-order valence-corrected chi connectivity index (χ2v) is 15.2. The van der Waals surface area contributed by atoms with Gasteiger partial charge in [-0.3, -0.25) is 0 Å². The predicted molar refractivity (Wildman–Crippen MR) is 132 cm³/mol. The van der Waals surface area contributed by atoms with Crippen LogP contribution in [0, 0.1) is 34.0 Å². The zero-order valence-electron chi connectivity index (χ0n) is 22.8. The van der Waals surface area contributed by atoms with Crippen LogP contribution in [0.4, 0.5) is 0 Å². The molecule has 2 spiro atoms. The molecular formula is C30H46O5. The number of aliphatic hydroxyl groups is 2. The molecule has 0 aromatic rings. The zero-order valence-corrected chi connectivity index (χ0v) is 22.8. The molecule has 35 heavy (non-hydrogen) atoms. The van der Waals surface area contributed by atoms with Gasteiger partial charge in [0.15, 0.2) is 5.79 Å². The van der Waals surface area contributed by atoms with Gasteiger partial charge in [0.2, 0.25) is 0 Å². The Labute approximate surface area is 211 Å². The third kappa shape index (κ3) is 2.50. The van der Waals surface area contributed by atoms with Crippen LogP contribution in [0.25, 0.3) is 0 Å². The van der Waals surface area contributed by atoms with E-state index in [1.807, 2.05) is 13.8 Å². The van der Waals surface area contributed by atoms with Gasteiger partial charge in [0.1, 0.15) is 12.2 Å². The molecule has 11 atom stereocenters. The van der Waals surface area contributed by atoms with Crippen LogP contribution in [-0.2, 0) is 14.2 Å². The predicted octanol–water partition coefficient (Wildman–Crippen LogP) is 5.13. The normalized spacial score (nSPS) is 58.0. The summed E-state index contributed by atoms with van der Waals surface area (Å²) in [6.07, 6.45) is 7.68. The highest BCUT2D eigenvalue weighted by Crippen LogP contribution is 2.76. The molecule has 0 amide bonds. The molecule has 4 bridgehead atoms. The van der Waals surface area contributed by atoms with E-state index in [4.69, 9.17) is 14.2 Å².